The van der Waals surface area contributed by atoms with Crippen molar-refractivity contribution in [1.29, 1.82) is 0 Å². The summed E-state index contributed by atoms with van der Waals surface area (Å²) in [4.78, 5) is 30.8. The molecule has 13 heteroatoms. The number of hydrogen-bond acceptors (Lipinski definition) is 4. The smallest absolute Gasteiger partial charge is 0.366 e. The molecule has 2 amide bonds. The average Bonchev–Trinajstić information content (AvgIpc) is 3.08. The number of nitrogens with one attached hydrogen (secondary N) is 2. The first-order valence-corrected chi connectivity index (χ1v) is 18.4. The highest BCUT2D eigenvalue weighted by molar-refractivity contribution is 6.36. The van der Waals surface area contributed by atoms with E-state index >= 15 is 4.39 Å². The van der Waals surface area contributed by atoms with Crippen molar-refractivity contribution in [2.24, 2.45) is 0 Å². The molecule has 0 radical (unpaired) electrons. The second-order valence-corrected chi connectivity index (χ2v) is 15.7. The lowest BCUT2D eigenvalue weighted by molar-refractivity contribution is -0.137. The lowest BCUT2D eigenvalue weighted by Gasteiger charge is -2.46. The molecule has 0 bridgehead atoms. The molecule has 0 aliphatic carbocycles. The van der Waals surface area contributed by atoms with Crippen molar-refractivity contribution in [2.45, 2.75) is 76.5 Å². The zero-order valence-corrected chi connectivity index (χ0v) is 31.8. The quantitative estimate of drug-likeness (QED) is 0.175. The molecule has 6 nitrogen and oxygen atoms in total. The maximum Gasteiger partial charge on any atom is 0.416 e. The monoisotopic (exact) mass is 788 g/mol. The van der Waals surface area contributed by atoms with Crippen LogP contribution in [0.4, 0.5) is 28.9 Å². The fourth-order valence-electron chi connectivity index (χ4n) is 7.39. The number of carbonyl (C=O) groups excluding carboxylic acids is 2. The van der Waals surface area contributed by atoms with Crippen molar-refractivity contribution in [3.8, 4) is 0 Å². The molecule has 2 aliphatic rings. The van der Waals surface area contributed by atoms with Crippen LogP contribution in [0.2, 0.25) is 15.1 Å². The fraction of sp³-hybridized carbons (Fsp3) is 0.350. The zero-order valence-electron chi connectivity index (χ0n) is 29.5. The Hall–Kier alpha value is -3.99. The molecule has 2 aliphatic heterocycles. The predicted molar refractivity (Wildman–Crippen MR) is 203 cm³/mol. The van der Waals surface area contributed by atoms with Gasteiger partial charge in [0.05, 0.1) is 45.4 Å². The Bertz CT molecular complexity index is 2040. The van der Waals surface area contributed by atoms with Crippen LogP contribution in [0.1, 0.15) is 89.2 Å². The third kappa shape index (κ3) is 8.10. The number of carbonyl (C=O) groups is 2. The van der Waals surface area contributed by atoms with Gasteiger partial charge in [-0.1, -0.05) is 65.1 Å². The molecular weight excluding hydrogens is 751 g/mol. The van der Waals surface area contributed by atoms with Crippen LogP contribution >= 0.6 is 34.8 Å². The first kappa shape index (κ1) is 38.7. The van der Waals surface area contributed by atoms with Crippen LogP contribution < -0.4 is 20.4 Å². The molecule has 0 saturated heterocycles. The van der Waals surface area contributed by atoms with Crippen LogP contribution in [0.3, 0.4) is 0 Å². The van der Waals surface area contributed by atoms with Crippen molar-refractivity contribution >= 4 is 58.0 Å². The van der Waals surface area contributed by atoms with Crippen LogP contribution in [0.5, 0.6) is 0 Å². The van der Waals surface area contributed by atoms with Crippen LogP contribution in [-0.4, -0.2) is 42.7 Å². The maximum absolute atomic E-state index is 15.8. The Kier molecular flexibility index (Phi) is 11.0. The second kappa shape index (κ2) is 15.0. The molecule has 3 unspecified atom stereocenters. The summed E-state index contributed by atoms with van der Waals surface area (Å²) in [5.41, 5.74) is 3.19. The zero-order chi connectivity index (χ0) is 38.4. The van der Waals surface area contributed by atoms with Gasteiger partial charge in [-0.05, 0) is 100 Å². The van der Waals surface area contributed by atoms with E-state index < -0.39 is 47.3 Å². The summed E-state index contributed by atoms with van der Waals surface area (Å²) >= 11 is 18.4. The number of benzene rings is 4. The molecule has 0 saturated carbocycles. The molecule has 4 aromatic rings. The van der Waals surface area contributed by atoms with E-state index in [-0.39, 0.29) is 33.8 Å². The number of rotatable bonds is 8. The highest BCUT2D eigenvalue weighted by atomic mass is 35.5. The van der Waals surface area contributed by atoms with E-state index in [1.54, 1.807) is 6.07 Å². The van der Waals surface area contributed by atoms with Crippen molar-refractivity contribution in [3.63, 3.8) is 0 Å². The van der Waals surface area contributed by atoms with E-state index in [0.717, 1.165) is 40.7 Å². The Morgan fingerprint density at radius 3 is 2.15 bits per heavy atom. The minimum absolute atomic E-state index is 0.00352. The van der Waals surface area contributed by atoms with E-state index in [0.29, 0.717) is 30.0 Å². The molecular formula is C40H39Cl3F4N4O2. The largest absolute Gasteiger partial charge is 0.416 e. The highest BCUT2D eigenvalue weighted by Crippen LogP contribution is 2.42. The summed E-state index contributed by atoms with van der Waals surface area (Å²) in [6.07, 6.45) is -4.77. The van der Waals surface area contributed by atoms with Crippen molar-refractivity contribution in [1.82, 2.24) is 10.6 Å². The number of alkyl halides is 4. The SMILES string of the molecule is CC(C)N1CC(F)C(NC(=O)c2ccc(Cl)cc2Cl)c2ccc(CC(C)(C)N3CCC(NC(=O)c4ccc(C(F)(F)F)cc4Cl)c4ccccc43)cc21. The summed E-state index contributed by atoms with van der Waals surface area (Å²) in [5.74, 6) is -1.05. The Morgan fingerprint density at radius 2 is 1.49 bits per heavy atom. The molecule has 4 aromatic carbocycles. The lowest BCUT2D eigenvalue weighted by Crippen LogP contribution is -2.50. The number of halogens is 7. The van der Waals surface area contributed by atoms with Gasteiger partial charge in [0, 0.05) is 40.1 Å². The number of anilines is 2. The first-order chi connectivity index (χ1) is 24.9. The van der Waals surface area contributed by atoms with Crippen LogP contribution in [0.25, 0.3) is 0 Å². The van der Waals surface area contributed by atoms with Gasteiger partial charge in [0.1, 0.15) is 6.17 Å². The molecule has 0 aromatic heterocycles. The van der Waals surface area contributed by atoms with Crippen LogP contribution in [-0.2, 0) is 12.6 Å². The van der Waals surface area contributed by atoms with Gasteiger partial charge in [0.2, 0.25) is 0 Å². The van der Waals surface area contributed by atoms with Gasteiger partial charge < -0.3 is 20.4 Å². The second-order valence-electron chi connectivity index (χ2n) is 14.4. The van der Waals surface area contributed by atoms with Crippen LogP contribution in [0, 0.1) is 0 Å². The number of para-hydroxylation sites is 1. The van der Waals surface area contributed by atoms with Gasteiger partial charge in [0.15, 0.2) is 0 Å². The summed E-state index contributed by atoms with van der Waals surface area (Å²) in [6, 6.07) is 19.7. The van der Waals surface area contributed by atoms with Gasteiger partial charge in [-0.3, -0.25) is 9.59 Å². The third-order valence-corrected chi connectivity index (χ3v) is 10.9. The van der Waals surface area contributed by atoms with Gasteiger partial charge >= 0.3 is 6.18 Å². The normalized spacial score (nSPS) is 18.8. The first-order valence-electron chi connectivity index (χ1n) is 17.3. The minimum Gasteiger partial charge on any atom is -0.366 e. The van der Waals surface area contributed by atoms with Gasteiger partial charge in [-0.15, -0.1) is 0 Å². The molecule has 0 fully saturated rings. The van der Waals surface area contributed by atoms with E-state index in [1.165, 1.54) is 12.1 Å². The van der Waals surface area contributed by atoms with Crippen LogP contribution in [0.15, 0.2) is 78.9 Å². The molecule has 6 rings (SSSR count). The molecule has 0 spiro atoms. The molecule has 3 atom stereocenters. The highest BCUT2D eigenvalue weighted by Gasteiger charge is 2.39. The molecule has 2 N–H and O–H groups in total. The standard InChI is InChI=1S/C40H39Cl3F4N4O2/c1-22(2)50-21-32(44)36(49-38(53)27-14-11-25(41)19-31(27)43)29-12-9-23(17-35(29)50)20-39(3,4)51-16-15-33(28-7-5-6-8-34(28)51)48-37(52)26-13-10-24(18-30(26)42)40(45,46)47/h5-14,17-19,22,32-33,36H,15-16,20-21H2,1-4H3,(H,48,52)(H,49,53). The predicted octanol–water partition coefficient (Wildman–Crippen LogP) is 10.4. The lowest BCUT2D eigenvalue weighted by atomic mass is 9.85. The van der Waals surface area contributed by atoms with E-state index in [2.05, 4.69) is 35.4 Å². The van der Waals surface area contributed by atoms with E-state index in [9.17, 15) is 22.8 Å². The number of fused-ring (bicyclic) bond motifs is 2. The number of amides is 2. The number of hydrogen-bond donors (Lipinski definition) is 2. The summed E-state index contributed by atoms with van der Waals surface area (Å²) in [6.45, 7) is 8.97. The Labute approximate surface area is 321 Å². The average molecular weight is 790 g/mol. The topological polar surface area (TPSA) is 64.7 Å². The molecule has 53 heavy (non-hydrogen) atoms. The summed E-state index contributed by atoms with van der Waals surface area (Å²) in [5, 5.41) is 6.16. The molecule has 2 heterocycles. The van der Waals surface area contributed by atoms with E-state index in [1.807, 2.05) is 55.1 Å². The van der Waals surface area contributed by atoms with Gasteiger partial charge in [-0.25, -0.2) is 4.39 Å². The maximum atomic E-state index is 15.8. The fourth-order valence-corrected chi connectivity index (χ4v) is 8.16. The minimum atomic E-state index is -4.57. The Balaban J connectivity index is 1.23. The van der Waals surface area contributed by atoms with Crippen molar-refractivity contribution in [3.05, 3.63) is 127 Å². The summed E-state index contributed by atoms with van der Waals surface area (Å²) in [7, 11) is 0. The number of nitrogens with zero attached hydrogens (tertiary/aromatic N) is 2. The van der Waals surface area contributed by atoms with E-state index in [4.69, 9.17) is 34.8 Å². The molecule has 280 valence electrons. The summed E-state index contributed by atoms with van der Waals surface area (Å²) < 4.78 is 55.4. The van der Waals surface area contributed by atoms with Crippen molar-refractivity contribution in [2.75, 3.05) is 22.9 Å². The Morgan fingerprint density at radius 1 is 0.830 bits per heavy atom. The van der Waals surface area contributed by atoms with Crippen molar-refractivity contribution < 1.29 is 27.2 Å². The van der Waals surface area contributed by atoms with Gasteiger partial charge in [0.25, 0.3) is 11.8 Å². The third-order valence-electron chi connectivity index (χ3n) is 10.0. The van der Waals surface area contributed by atoms with Gasteiger partial charge in [-0.2, -0.15) is 13.2 Å².